The van der Waals surface area contributed by atoms with Crippen molar-refractivity contribution in [2.75, 3.05) is 0 Å². The molecule has 0 aliphatic rings. The predicted octanol–water partition coefficient (Wildman–Crippen LogP) is -4.95. The van der Waals surface area contributed by atoms with E-state index in [0.29, 0.717) is 0 Å². The minimum absolute atomic E-state index is 0. The Kier molecular flexibility index (Phi) is 9530. The molecule has 7 heavy (non-hydrogen) atoms. The van der Waals surface area contributed by atoms with E-state index in [-0.39, 0.29) is 74.6 Å². The Morgan fingerprint density at radius 3 is 0.286 bits per heavy atom. The summed E-state index contributed by atoms with van der Waals surface area (Å²) in [6.07, 6.45) is 0. The van der Waals surface area contributed by atoms with Crippen LogP contribution in [0.15, 0.2) is 0 Å². The van der Waals surface area contributed by atoms with Crippen molar-refractivity contribution in [2.45, 2.75) is 0 Å². The van der Waals surface area contributed by atoms with Gasteiger partial charge in [-0.25, -0.2) is 0 Å². The minimum Gasteiger partial charge on any atom is -0.412 e. The minimum atomic E-state index is 0. The van der Waals surface area contributed by atoms with Crippen LogP contribution in [0.4, 0.5) is 0 Å². The molecule has 12 N–H and O–H groups in total. The van der Waals surface area contributed by atoms with E-state index in [1.54, 1.807) is 0 Å². The molecule has 6 nitrogen and oxygen atoms in total. The van der Waals surface area contributed by atoms with Crippen molar-refractivity contribution in [3.8, 4) is 0 Å². The summed E-state index contributed by atoms with van der Waals surface area (Å²) in [5.41, 5.74) is 0. The number of hydrogen-bond donors (Lipinski definition) is 0. The van der Waals surface area contributed by atoms with E-state index in [1.807, 2.05) is 0 Å². The molecule has 0 saturated carbocycles. The fourth-order valence-electron chi connectivity index (χ4n) is 0. The van der Waals surface area contributed by atoms with Gasteiger partial charge in [0.2, 0.25) is 0 Å². The maximum absolute atomic E-state index is 0. The average molecular weight is 248 g/mol. The SMILES string of the molecule is O.O.O.O.O.O.[Ce+3]. The Balaban J connectivity index is 0. The Labute approximate surface area is 74.1 Å². The van der Waals surface area contributed by atoms with Crippen LogP contribution in [0.1, 0.15) is 0 Å². The van der Waals surface area contributed by atoms with Crippen LogP contribution in [0.2, 0.25) is 0 Å². The molecule has 0 amide bonds. The molecule has 0 spiro atoms. The molecule has 0 aliphatic heterocycles. The zero-order valence-corrected chi connectivity index (χ0v) is 6.64. The van der Waals surface area contributed by atoms with Gasteiger partial charge < -0.3 is 32.9 Å². The van der Waals surface area contributed by atoms with Gasteiger partial charge in [0.25, 0.3) is 0 Å². The Bertz CT molecular complexity index is 4.14. The topological polar surface area (TPSA) is 189 Å². The molecule has 1 radical (unpaired) electrons. The summed E-state index contributed by atoms with van der Waals surface area (Å²) < 4.78 is 0. The second-order valence-corrected chi connectivity index (χ2v) is 0. The molecule has 49 valence electrons. The van der Waals surface area contributed by atoms with Crippen LogP contribution < -0.4 is 0 Å². The fourth-order valence-corrected chi connectivity index (χ4v) is 0. The predicted molar refractivity (Wildman–Crippen MR) is 21.7 cm³/mol. The summed E-state index contributed by atoms with van der Waals surface area (Å²) in [4.78, 5) is 0. The monoisotopic (exact) mass is 248 g/mol. The molecule has 0 aliphatic carbocycles. The van der Waals surface area contributed by atoms with E-state index in [4.69, 9.17) is 0 Å². The Hall–Kier alpha value is 1.14. The van der Waals surface area contributed by atoms with Crippen LogP contribution in [-0.2, 0) is 0 Å². The molecular weight excluding hydrogens is 236 g/mol. The van der Waals surface area contributed by atoms with Crippen molar-refractivity contribution < 1.29 is 74.6 Å². The maximum atomic E-state index is 0. The van der Waals surface area contributed by atoms with Crippen LogP contribution >= 0.6 is 0 Å². The van der Waals surface area contributed by atoms with Gasteiger partial charge in [-0.1, -0.05) is 0 Å². The van der Waals surface area contributed by atoms with E-state index in [9.17, 15) is 0 Å². The first-order valence-corrected chi connectivity index (χ1v) is 0. The van der Waals surface area contributed by atoms with Crippen molar-refractivity contribution in [3.63, 3.8) is 0 Å². The third-order valence-corrected chi connectivity index (χ3v) is 0. The van der Waals surface area contributed by atoms with Gasteiger partial charge in [-0.2, -0.15) is 0 Å². The number of rotatable bonds is 0. The van der Waals surface area contributed by atoms with Gasteiger partial charge in [0.15, 0.2) is 0 Å². The largest absolute Gasteiger partial charge is 3.00 e. The van der Waals surface area contributed by atoms with Gasteiger partial charge in [0.05, 0.1) is 0 Å². The van der Waals surface area contributed by atoms with Crippen LogP contribution in [0, 0.1) is 41.7 Å². The number of hydrogen-bond acceptors (Lipinski definition) is 0. The Morgan fingerprint density at radius 2 is 0.286 bits per heavy atom. The second kappa shape index (κ2) is 208. The standard InChI is InChI=1S/Ce.6H2O/h;6*1H2/q+3;;;;;;. The van der Waals surface area contributed by atoms with Crippen molar-refractivity contribution in [2.24, 2.45) is 0 Å². The van der Waals surface area contributed by atoms with E-state index < -0.39 is 0 Å². The zero-order chi connectivity index (χ0) is 0. The van der Waals surface area contributed by atoms with Crippen molar-refractivity contribution >= 4 is 0 Å². The molecule has 0 aromatic carbocycles. The molecule has 0 heterocycles. The van der Waals surface area contributed by atoms with Gasteiger partial charge in [-0.15, -0.1) is 0 Å². The first-order valence-electron chi connectivity index (χ1n) is 0. The molecule has 0 rings (SSSR count). The van der Waals surface area contributed by atoms with Gasteiger partial charge in [0, 0.05) is 0 Å². The zero-order valence-electron chi connectivity index (χ0n) is 3.50. The van der Waals surface area contributed by atoms with Gasteiger partial charge in [0.1, 0.15) is 0 Å². The molecule has 0 atom stereocenters. The second-order valence-electron chi connectivity index (χ2n) is 0. The molecule has 0 saturated heterocycles. The third-order valence-electron chi connectivity index (χ3n) is 0. The summed E-state index contributed by atoms with van der Waals surface area (Å²) in [7, 11) is 0. The van der Waals surface area contributed by atoms with Crippen LogP contribution in [0.5, 0.6) is 0 Å². The quantitative estimate of drug-likeness (QED) is 0.397. The molecule has 0 bridgehead atoms. The van der Waals surface area contributed by atoms with Gasteiger partial charge in [-0.3, -0.25) is 0 Å². The molecule has 0 aromatic heterocycles. The summed E-state index contributed by atoms with van der Waals surface area (Å²) in [5.74, 6) is 0. The summed E-state index contributed by atoms with van der Waals surface area (Å²) in [6, 6.07) is 0. The van der Waals surface area contributed by atoms with Crippen LogP contribution in [-0.4, -0.2) is 32.9 Å². The molecule has 0 aromatic rings. The van der Waals surface area contributed by atoms with Crippen molar-refractivity contribution in [3.05, 3.63) is 0 Å². The summed E-state index contributed by atoms with van der Waals surface area (Å²) in [6.45, 7) is 0. The van der Waals surface area contributed by atoms with Crippen LogP contribution in [0.25, 0.3) is 0 Å². The smallest absolute Gasteiger partial charge is 0.412 e. The van der Waals surface area contributed by atoms with Gasteiger partial charge >= 0.3 is 41.7 Å². The fraction of sp³-hybridized carbons (Fsp3) is 0. The first kappa shape index (κ1) is 321. The third kappa shape index (κ3) is 146. The molecular formula is H12CeO6+3. The normalized spacial score (nSPS) is 0. The van der Waals surface area contributed by atoms with E-state index >= 15 is 0 Å². The molecule has 0 fully saturated rings. The summed E-state index contributed by atoms with van der Waals surface area (Å²) >= 11 is 0. The van der Waals surface area contributed by atoms with E-state index in [0.717, 1.165) is 0 Å². The van der Waals surface area contributed by atoms with E-state index in [1.165, 1.54) is 0 Å². The Morgan fingerprint density at radius 1 is 0.286 bits per heavy atom. The van der Waals surface area contributed by atoms with E-state index in [2.05, 4.69) is 0 Å². The van der Waals surface area contributed by atoms with Crippen molar-refractivity contribution in [1.29, 1.82) is 0 Å². The van der Waals surface area contributed by atoms with Gasteiger partial charge in [-0.05, 0) is 0 Å². The first-order chi connectivity index (χ1) is 0. The molecule has 0 unspecified atom stereocenters. The average Bonchev–Trinajstić information content (AvgIpc) is 0. The van der Waals surface area contributed by atoms with Crippen molar-refractivity contribution in [1.82, 2.24) is 0 Å². The van der Waals surface area contributed by atoms with Crippen LogP contribution in [0.3, 0.4) is 0 Å². The molecule has 7 heteroatoms. The summed E-state index contributed by atoms with van der Waals surface area (Å²) in [5, 5.41) is 0. The maximum Gasteiger partial charge on any atom is 3.00 e.